The highest BCUT2D eigenvalue weighted by atomic mass is 79.9. The van der Waals surface area contributed by atoms with Crippen molar-refractivity contribution in [2.45, 2.75) is 13.5 Å². The summed E-state index contributed by atoms with van der Waals surface area (Å²) in [5.74, 6) is 0.686. The van der Waals surface area contributed by atoms with Crippen molar-refractivity contribution in [1.29, 1.82) is 0 Å². The molecule has 2 aromatic heterocycles. The van der Waals surface area contributed by atoms with Gasteiger partial charge in [0.05, 0.1) is 0 Å². The Bertz CT molecular complexity index is 703. The fourth-order valence-electron chi connectivity index (χ4n) is 1.89. The molecule has 0 saturated carbocycles. The van der Waals surface area contributed by atoms with Crippen molar-refractivity contribution >= 4 is 33.0 Å². The first-order valence-electron chi connectivity index (χ1n) is 6.20. The van der Waals surface area contributed by atoms with Crippen LogP contribution in [0.5, 0.6) is 0 Å². The molecule has 3 aromatic rings. The molecule has 2 heterocycles. The SMILES string of the molecule is Cc1nc(-c2ccc(NCc3cc(Br)cs3)cc2)co1. The van der Waals surface area contributed by atoms with Crippen LogP contribution in [0.2, 0.25) is 0 Å². The predicted molar refractivity (Wildman–Crippen MR) is 86.0 cm³/mol. The lowest BCUT2D eigenvalue weighted by molar-refractivity contribution is 0.521. The van der Waals surface area contributed by atoms with Crippen LogP contribution in [0.15, 0.2) is 50.9 Å². The minimum Gasteiger partial charge on any atom is -0.449 e. The second kappa shape index (κ2) is 5.81. The van der Waals surface area contributed by atoms with E-state index in [1.807, 2.05) is 19.1 Å². The summed E-state index contributed by atoms with van der Waals surface area (Å²) in [5.41, 5.74) is 3.03. The summed E-state index contributed by atoms with van der Waals surface area (Å²) in [6.07, 6.45) is 1.68. The largest absolute Gasteiger partial charge is 0.449 e. The summed E-state index contributed by atoms with van der Waals surface area (Å²) in [4.78, 5) is 5.62. The first kappa shape index (κ1) is 13.4. The molecule has 0 aliphatic heterocycles. The van der Waals surface area contributed by atoms with E-state index in [0.29, 0.717) is 5.89 Å². The number of benzene rings is 1. The van der Waals surface area contributed by atoms with Crippen LogP contribution in [-0.4, -0.2) is 4.98 Å². The van der Waals surface area contributed by atoms with E-state index in [4.69, 9.17) is 4.42 Å². The molecule has 0 amide bonds. The fourth-order valence-corrected chi connectivity index (χ4v) is 3.28. The summed E-state index contributed by atoms with van der Waals surface area (Å²) in [6.45, 7) is 2.68. The number of hydrogen-bond acceptors (Lipinski definition) is 4. The second-order valence-corrected chi connectivity index (χ2v) is 6.33. The van der Waals surface area contributed by atoms with Gasteiger partial charge >= 0.3 is 0 Å². The van der Waals surface area contributed by atoms with E-state index in [0.717, 1.165) is 28.0 Å². The van der Waals surface area contributed by atoms with E-state index in [2.05, 4.69) is 49.8 Å². The number of nitrogens with one attached hydrogen (secondary N) is 1. The molecule has 5 heteroatoms. The zero-order chi connectivity index (χ0) is 13.9. The number of rotatable bonds is 4. The van der Waals surface area contributed by atoms with Gasteiger partial charge in [-0.1, -0.05) is 12.1 Å². The Labute approximate surface area is 129 Å². The molecule has 1 N–H and O–H groups in total. The number of nitrogens with zero attached hydrogens (tertiary/aromatic N) is 1. The predicted octanol–water partition coefficient (Wildman–Crippen LogP) is 5.09. The van der Waals surface area contributed by atoms with Gasteiger partial charge in [-0.05, 0) is 34.1 Å². The lowest BCUT2D eigenvalue weighted by Crippen LogP contribution is -1.96. The number of oxazole rings is 1. The minimum atomic E-state index is 0.686. The number of halogens is 1. The van der Waals surface area contributed by atoms with Gasteiger partial charge in [-0.2, -0.15) is 0 Å². The molecule has 3 rings (SSSR count). The fraction of sp³-hybridized carbons (Fsp3) is 0.133. The molecule has 0 aliphatic rings. The molecule has 0 atom stereocenters. The monoisotopic (exact) mass is 348 g/mol. The lowest BCUT2D eigenvalue weighted by Gasteiger charge is -2.05. The summed E-state index contributed by atoms with van der Waals surface area (Å²) < 4.78 is 6.36. The smallest absolute Gasteiger partial charge is 0.191 e. The summed E-state index contributed by atoms with van der Waals surface area (Å²) in [6, 6.07) is 10.3. The standard InChI is InChI=1S/C15H13BrN2OS/c1-10-18-15(8-19-10)11-2-4-13(5-3-11)17-7-14-6-12(16)9-20-14/h2-6,8-9,17H,7H2,1H3. The van der Waals surface area contributed by atoms with Crippen molar-refractivity contribution in [1.82, 2.24) is 4.98 Å². The topological polar surface area (TPSA) is 38.1 Å². The minimum absolute atomic E-state index is 0.686. The van der Waals surface area contributed by atoms with E-state index in [9.17, 15) is 0 Å². The zero-order valence-electron chi connectivity index (χ0n) is 10.9. The molecule has 0 spiro atoms. The molecule has 1 aromatic carbocycles. The van der Waals surface area contributed by atoms with Crippen LogP contribution in [-0.2, 0) is 6.54 Å². The summed E-state index contributed by atoms with van der Waals surface area (Å²) >= 11 is 5.20. The number of hydrogen-bond donors (Lipinski definition) is 1. The lowest BCUT2D eigenvalue weighted by atomic mass is 10.1. The average molecular weight is 349 g/mol. The molecule has 0 aliphatic carbocycles. The summed E-state index contributed by atoms with van der Waals surface area (Å²) in [7, 11) is 0. The van der Waals surface area contributed by atoms with Gasteiger partial charge in [0, 0.05) is 39.4 Å². The van der Waals surface area contributed by atoms with Gasteiger partial charge in [0.2, 0.25) is 0 Å². The van der Waals surface area contributed by atoms with Gasteiger partial charge < -0.3 is 9.73 Å². The maximum atomic E-state index is 5.23. The maximum absolute atomic E-state index is 5.23. The normalized spacial score (nSPS) is 10.7. The van der Waals surface area contributed by atoms with Crippen molar-refractivity contribution in [3.8, 4) is 11.3 Å². The Morgan fingerprint density at radius 3 is 2.70 bits per heavy atom. The highest BCUT2D eigenvalue weighted by Crippen LogP contribution is 2.23. The Morgan fingerprint density at radius 1 is 1.30 bits per heavy atom. The van der Waals surface area contributed by atoms with Gasteiger partial charge in [0.15, 0.2) is 5.89 Å². The van der Waals surface area contributed by atoms with Crippen LogP contribution in [0, 0.1) is 6.92 Å². The maximum Gasteiger partial charge on any atom is 0.191 e. The van der Waals surface area contributed by atoms with E-state index in [1.54, 1.807) is 17.6 Å². The molecule has 0 radical (unpaired) electrons. The van der Waals surface area contributed by atoms with Crippen molar-refractivity contribution in [2.24, 2.45) is 0 Å². The first-order chi connectivity index (χ1) is 9.70. The van der Waals surface area contributed by atoms with Crippen LogP contribution in [0.3, 0.4) is 0 Å². The molecule has 0 saturated heterocycles. The highest BCUT2D eigenvalue weighted by molar-refractivity contribution is 9.10. The van der Waals surface area contributed by atoms with Crippen LogP contribution in [0.25, 0.3) is 11.3 Å². The van der Waals surface area contributed by atoms with Crippen molar-refractivity contribution < 1.29 is 4.42 Å². The third kappa shape index (κ3) is 3.11. The average Bonchev–Trinajstić information content (AvgIpc) is 3.06. The number of aryl methyl sites for hydroxylation is 1. The molecule has 0 fully saturated rings. The van der Waals surface area contributed by atoms with Crippen molar-refractivity contribution in [3.63, 3.8) is 0 Å². The molecule has 0 bridgehead atoms. The van der Waals surface area contributed by atoms with E-state index in [1.165, 1.54) is 4.88 Å². The number of thiophene rings is 1. The van der Waals surface area contributed by atoms with Crippen molar-refractivity contribution in [2.75, 3.05) is 5.32 Å². The molecule has 102 valence electrons. The third-order valence-corrected chi connectivity index (χ3v) is 4.59. The molecule has 0 unspecified atom stereocenters. The Hall–Kier alpha value is -1.59. The Kier molecular flexibility index (Phi) is 3.89. The van der Waals surface area contributed by atoms with E-state index < -0.39 is 0 Å². The van der Waals surface area contributed by atoms with Gasteiger partial charge in [0.1, 0.15) is 12.0 Å². The molecular weight excluding hydrogens is 336 g/mol. The number of aromatic nitrogens is 1. The Balaban J connectivity index is 1.67. The van der Waals surface area contributed by atoms with E-state index >= 15 is 0 Å². The third-order valence-electron chi connectivity index (χ3n) is 2.89. The van der Waals surface area contributed by atoms with Crippen LogP contribution in [0.1, 0.15) is 10.8 Å². The van der Waals surface area contributed by atoms with Gasteiger partial charge in [0.25, 0.3) is 0 Å². The van der Waals surface area contributed by atoms with Crippen LogP contribution < -0.4 is 5.32 Å². The quantitative estimate of drug-likeness (QED) is 0.713. The van der Waals surface area contributed by atoms with Crippen LogP contribution >= 0.6 is 27.3 Å². The van der Waals surface area contributed by atoms with Crippen molar-refractivity contribution in [3.05, 3.63) is 57.2 Å². The van der Waals surface area contributed by atoms with Gasteiger partial charge in [-0.15, -0.1) is 11.3 Å². The zero-order valence-corrected chi connectivity index (χ0v) is 13.3. The second-order valence-electron chi connectivity index (χ2n) is 4.41. The number of anilines is 1. The molecule has 3 nitrogen and oxygen atoms in total. The summed E-state index contributed by atoms with van der Waals surface area (Å²) in [5, 5.41) is 5.49. The Morgan fingerprint density at radius 2 is 2.10 bits per heavy atom. The van der Waals surface area contributed by atoms with Gasteiger partial charge in [-0.25, -0.2) is 4.98 Å². The van der Waals surface area contributed by atoms with E-state index in [-0.39, 0.29) is 0 Å². The van der Waals surface area contributed by atoms with Gasteiger partial charge in [-0.3, -0.25) is 0 Å². The highest BCUT2D eigenvalue weighted by Gasteiger charge is 2.03. The molecule has 20 heavy (non-hydrogen) atoms. The van der Waals surface area contributed by atoms with Crippen LogP contribution in [0.4, 0.5) is 5.69 Å². The first-order valence-corrected chi connectivity index (χ1v) is 7.87. The molecular formula is C15H13BrN2OS.